The molecule has 1 aromatic carbocycles. The lowest BCUT2D eigenvalue weighted by Gasteiger charge is -2.38. The van der Waals surface area contributed by atoms with Gasteiger partial charge >= 0.3 is 0 Å². The van der Waals surface area contributed by atoms with Crippen molar-refractivity contribution in [3.63, 3.8) is 0 Å². The zero-order valence-corrected chi connectivity index (χ0v) is 15.7. The summed E-state index contributed by atoms with van der Waals surface area (Å²) < 4.78 is 5.64. The van der Waals surface area contributed by atoms with Gasteiger partial charge in [-0.15, -0.1) is 0 Å². The molecule has 1 saturated heterocycles. The molecule has 6 heteroatoms. The molecule has 27 heavy (non-hydrogen) atoms. The first-order valence-electron chi connectivity index (χ1n) is 9.31. The number of hydrogen-bond acceptors (Lipinski definition) is 4. The fourth-order valence-corrected chi connectivity index (χ4v) is 3.46. The van der Waals surface area contributed by atoms with Crippen LogP contribution in [0.15, 0.2) is 48.7 Å². The van der Waals surface area contributed by atoms with E-state index in [9.17, 15) is 9.59 Å². The van der Waals surface area contributed by atoms with Gasteiger partial charge in [-0.05, 0) is 69.5 Å². The Morgan fingerprint density at radius 2 is 1.81 bits per heavy atom. The summed E-state index contributed by atoms with van der Waals surface area (Å²) in [5, 5.41) is 2.73. The van der Waals surface area contributed by atoms with Crippen LogP contribution in [-0.2, 0) is 4.79 Å². The van der Waals surface area contributed by atoms with Gasteiger partial charge < -0.3 is 15.0 Å². The van der Waals surface area contributed by atoms with E-state index in [-0.39, 0.29) is 30.5 Å². The van der Waals surface area contributed by atoms with Crippen molar-refractivity contribution in [3.8, 4) is 5.75 Å². The molecule has 2 heterocycles. The molecular formula is C21H25N3O3. The summed E-state index contributed by atoms with van der Waals surface area (Å²) in [5.74, 6) is 0.826. The summed E-state index contributed by atoms with van der Waals surface area (Å²) >= 11 is 0. The van der Waals surface area contributed by atoms with Crippen molar-refractivity contribution >= 4 is 17.6 Å². The molecule has 0 spiro atoms. The van der Waals surface area contributed by atoms with E-state index in [4.69, 9.17) is 4.74 Å². The smallest absolute Gasteiger partial charge is 0.260 e. The van der Waals surface area contributed by atoms with Crippen molar-refractivity contribution in [2.45, 2.75) is 45.2 Å². The predicted molar refractivity (Wildman–Crippen MR) is 104 cm³/mol. The van der Waals surface area contributed by atoms with E-state index in [2.05, 4.69) is 24.1 Å². The Labute approximate surface area is 159 Å². The quantitative estimate of drug-likeness (QED) is 0.878. The van der Waals surface area contributed by atoms with Crippen LogP contribution in [0.2, 0.25) is 0 Å². The van der Waals surface area contributed by atoms with Crippen molar-refractivity contribution in [3.05, 3.63) is 54.2 Å². The standard InChI is InChI=1S/C21H25N3O3/c1-15-6-5-7-16(2)24(15)20(25)14-27-18-11-9-17(10-12-18)21(26)23-19-8-3-4-13-22-19/h3-4,8-13,15-16H,5-7,14H2,1-2H3,(H,22,23,26). The van der Waals surface area contributed by atoms with Gasteiger partial charge in [-0.3, -0.25) is 9.59 Å². The van der Waals surface area contributed by atoms with E-state index in [0.717, 1.165) is 19.3 Å². The van der Waals surface area contributed by atoms with Gasteiger partial charge in [-0.1, -0.05) is 6.07 Å². The van der Waals surface area contributed by atoms with Crippen molar-refractivity contribution in [1.82, 2.24) is 9.88 Å². The summed E-state index contributed by atoms with van der Waals surface area (Å²) in [4.78, 5) is 30.7. The first-order chi connectivity index (χ1) is 13.0. The summed E-state index contributed by atoms with van der Waals surface area (Å²) in [5.41, 5.74) is 0.498. The average Bonchev–Trinajstić information content (AvgIpc) is 2.67. The number of carbonyl (C=O) groups is 2. The lowest BCUT2D eigenvalue weighted by molar-refractivity contribution is -0.139. The van der Waals surface area contributed by atoms with E-state index in [1.165, 1.54) is 0 Å². The van der Waals surface area contributed by atoms with Crippen LogP contribution in [0, 0.1) is 0 Å². The van der Waals surface area contributed by atoms with Crippen molar-refractivity contribution < 1.29 is 14.3 Å². The Kier molecular flexibility index (Phi) is 6.06. The minimum atomic E-state index is -0.243. The Morgan fingerprint density at radius 1 is 1.11 bits per heavy atom. The van der Waals surface area contributed by atoms with Gasteiger partial charge in [0.25, 0.3) is 11.8 Å². The first-order valence-corrected chi connectivity index (χ1v) is 9.31. The highest BCUT2D eigenvalue weighted by Crippen LogP contribution is 2.23. The van der Waals surface area contributed by atoms with Crippen LogP contribution in [0.1, 0.15) is 43.5 Å². The molecule has 2 unspecified atom stereocenters. The van der Waals surface area contributed by atoms with Crippen molar-refractivity contribution in [2.75, 3.05) is 11.9 Å². The van der Waals surface area contributed by atoms with E-state index in [1.54, 1.807) is 48.7 Å². The molecule has 1 aliphatic rings. The highest BCUT2D eigenvalue weighted by atomic mass is 16.5. The van der Waals surface area contributed by atoms with Gasteiger partial charge in [0.05, 0.1) is 0 Å². The minimum absolute atomic E-state index is 0.00618. The molecule has 2 atom stereocenters. The monoisotopic (exact) mass is 367 g/mol. The Balaban J connectivity index is 1.54. The van der Waals surface area contributed by atoms with Crippen LogP contribution < -0.4 is 10.1 Å². The second-order valence-corrected chi connectivity index (χ2v) is 6.91. The van der Waals surface area contributed by atoms with E-state index in [1.807, 2.05) is 4.90 Å². The minimum Gasteiger partial charge on any atom is -0.484 e. The van der Waals surface area contributed by atoms with Crippen molar-refractivity contribution in [2.24, 2.45) is 0 Å². The van der Waals surface area contributed by atoms with E-state index >= 15 is 0 Å². The lowest BCUT2D eigenvalue weighted by atomic mass is 9.97. The first kappa shape index (κ1) is 18.9. The maximum Gasteiger partial charge on any atom is 0.260 e. The van der Waals surface area contributed by atoms with Crippen LogP contribution in [-0.4, -0.2) is 40.4 Å². The zero-order chi connectivity index (χ0) is 19.2. The van der Waals surface area contributed by atoms with Crippen LogP contribution in [0.3, 0.4) is 0 Å². The third kappa shape index (κ3) is 4.84. The largest absolute Gasteiger partial charge is 0.484 e. The zero-order valence-electron chi connectivity index (χ0n) is 15.7. The number of carbonyl (C=O) groups excluding carboxylic acids is 2. The molecule has 2 aromatic rings. The van der Waals surface area contributed by atoms with Gasteiger partial charge in [-0.25, -0.2) is 4.98 Å². The Hall–Kier alpha value is -2.89. The summed E-state index contributed by atoms with van der Waals surface area (Å²) in [6.07, 6.45) is 4.86. The highest BCUT2D eigenvalue weighted by molar-refractivity contribution is 6.03. The molecule has 1 N–H and O–H groups in total. The molecule has 0 saturated carbocycles. The predicted octanol–water partition coefficient (Wildman–Crippen LogP) is 3.50. The molecule has 1 aromatic heterocycles. The number of nitrogens with one attached hydrogen (secondary N) is 1. The third-order valence-electron chi connectivity index (χ3n) is 4.87. The molecule has 2 amide bonds. The lowest BCUT2D eigenvalue weighted by Crippen LogP contribution is -2.49. The number of rotatable bonds is 5. The SMILES string of the molecule is CC1CCCC(C)N1C(=O)COc1ccc(C(=O)Nc2ccccn2)cc1. The number of aromatic nitrogens is 1. The number of pyridine rings is 1. The van der Waals surface area contributed by atoms with Gasteiger partial charge in [0.1, 0.15) is 11.6 Å². The topological polar surface area (TPSA) is 71.5 Å². The summed E-state index contributed by atoms with van der Waals surface area (Å²) in [7, 11) is 0. The molecule has 0 bridgehead atoms. The molecule has 142 valence electrons. The number of hydrogen-bond donors (Lipinski definition) is 1. The van der Waals surface area contributed by atoms with Crippen molar-refractivity contribution in [1.29, 1.82) is 0 Å². The summed E-state index contributed by atoms with van der Waals surface area (Å²) in [6.45, 7) is 4.18. The second kappa shape index (κ2) is 8.66. The van der Waals surface area contributed by atoms with Crippen LogP contribution in [0.4, 0.5) is 5.82 Å². The number of amides is 2. The van der Waals surface area contributed by atoms with E-state index < -0.39 is 0 Å². The van der Waals surface area contributed by atoms with Gasteiger partial charge in [0.2, 0.25) is 0 Å². The molecule has 1 fully saturated rings. The molecule has 0 radical (unpaired) electrons. The fraction of sp³-hybridized carbons (Fsp3) is 0.381. The number of likely N-dealkylation sites (tertiary alicyclic amines) is 1. The van der Waals surface area contributed by atoms with Gasteiger partial charge in [0.15, 0.2) is 6.61 Å². The van der Waals surface area contributed by atoms with Gasteiger partial charge in [0, 0.05) is 23.8 Å². The molecular weight excluding hydrogens is 342 g/mol. The maximum absolute atomic E-state index is 12.5. The Bertz CT molecular complexity index is 767. The number of benzene rings is 1. The van der Waals surface area contributed by atoms with E-state index in [0.29, 0.717) is 17.1 Å². The van der Waals surface area contributed by atoms with Crippen LogP contribution >= 0.6 is 0 Å². The molecule has 1 aliphatic heterocycles. The van der Waals surface area contributed by atoms with Crippen LogP contribution in [0.25, 0.3) is 0 Å². The van der Waals surface area contributed by atoms with Crippen LogP contribution in [0.5, 0.6) is 5.75 Å². The Morgan fingerprint density at radius 3 is 2.44 bits per heavy atom. The summed E-state index contributed by atoms with van der Waals surface area (Å²) in [6, 6.07) is 12.6. The normalized spacial score (nSPS) is 19.4. The molecule has 3 rings (SSSR count). The number of piperidine rings is 1. The second-order valence-electron chi connectivity index (χ2n) is 6.91. The number of ether oxygens (including phenoxy) is 1. The number of anilines is 1. The fourth-order valence-electron chi connectivity index (χ4n) is 3.46. The average molecular weight is 367 g/mol. The van der Waals surface area contributed by atoms with Gasteiger partial charge in [-0.2, -0.15) is 0 Å². The third-order valence-corrected chi connectivity index (χ3v) is 4.87. The highest BCUT2D eigenvalue weighted by Gasteiger charge is 2.28. The maximum atomic E-state index is 12.5. The molecule has 0 aliphatic carbocycles. The molecule has 6 nitrogen and oxygen atoms in total. The number of nitrogens with zero attached hydrogens (tertiary/aromatic N) is 2.